The highest BCUT2D eigenvalue weighted by Gasteiger charge is 2.83. The maximum atomic E-state index is 14.1. The molecular formula is C27H25FN4O6S2. The number of ketones is 1. The Morgan fingerprint density at radius 1 is 1.05 bits per heavy atom. The van der Waals surface area contributed by atoms with E-state index < -0.39 is 31.9 Å². The molecule has 208 valence electrons. The Bertz CT molecular complexity index is 1780. The summed E-state index contributed by atoms with van der Waals surface area (Å²) in [6.07, 6.45) is 2.03. The zero-order chi connectivity index (χ0) is 27.9. The molecule has 5 aliphatic carbocycles. The molecule has 0 aromatic heterocycles. The van der Waals surface area contributed by atoms with Gasteiger partial charge < -0.3 is 10.2 Å². The number of benzene rings is 2. The highest BCUT2D eigenvalue weighted by molar-refractivity contribution is 7.92. The number of fused-ring (bicyclic) bond motifs is 2. The van der Waals surface area contributed by atoms with E-state index in [1.54, 1.807) is 17.0 Å². The van der Waals surface area contributed by atoms with E-state index in [0.717, 1.165) is 24.3 Å². The normalized spacial score (nSPS) is 37.5. The van der Waals surface area contributed by atoms with Crippen LogP contribution in [0.25, 0.3) is 0 Å². The fraction of sp³-hybridized carbons (Fsp3) is 0.444. The fourth-order valence-electron chi connectivity index (χ4n) is 8.93. The lowest BCUT2D eigenvalue weighted by Gasteiger charge is -2.45. The third-order valence-corrected chi connectivity index (χ3v) is 11.9. The van der Waals surface area contributed by atoms with Crippen molar-refractivity contribution in [1.29, 1.82) is 0 Å². The molecule has 9 unspecified atom stereocenters. The van der Waals surface area contributed by atoms with E-state index >= 15 is 0 Å². The van der Waals surface area contributed by atoms with Crippen LogP contribution in [0.3, 0.4) is 0 Å². The quantitative estimate of drug-likeness (QED) is 0.513. The highest BCUT2D eigenvalue weighted by atomic mass is 32.2. The number of carbonyl (C=O) groups is 2. The number of anilines is 2. The number of amides is 1. The van der Waals surface area contributed by atoms with Crippen molar-refractivity contribution in [2.24, 2.45) is 51.7 Å². The van der Waals surface area contributed by atoms with Crippen LogP contribution in [-0.4, -0.2) is 51.6 Å². The molecule has 40 heavy (non-hydrogen) atoms. The van der Waals surface area contributed by atoms with Gasteiger partial charge in [0.25, 0.3) is 10.0 Å². The standard InChI is InChI=1S/C27H25FN4O6S2/c1-39(35,36)30-13-6-7-16-17(8-13)40(37,38)31-26(29-16)23-25(33)22-20-15-9-14-18(20)19(14)21(15)24(22)32(27(23)34)10-11-2-4-12(28)5-3-11/h2-8,14-15,18-24,30H,9-10H2,1H3,(H,29,31). The van der Waals surface area contributed by atoms with Crippen LogP contribution < -0.4 is 10.0 Å². The van der Waals surface area contributed by atoms with Gasteiger partial charge in [-0.05, 0) is 77.8 Å². The second-order valence-corrected chi connectivity index (χ2v) is 15.3. The molecule has 0 radical (unpaired) electrons. The topological polar surface area (TPSA) is 142 Å². The number of Topliss-reactive ketones (excluding diaryl/α,β-unsaturated/α-hetero) is 1. The molecule has 2 N–H and O–H groups in total. The smallest absolute Gasteiger partial charge is 0.286 e. The van der Waals surface area contributed by atoms with Gasteiger partial charge in [-0.25, -0.2) is 12.8 Å². The minimum absolute atomic E-state index is 0.0448. The molecule has 0 spiro atoms. The van der Waals surface area contributed by atoms with Gasteiger partial charge in [0.15, 0.2) is 11.7 Å². The zero-order valence-electron chi connectivity index (χ0n) is 21.2. The predicted molar refractivity (Wildman–Crippen MR) is 141 cm³/mol. The molecule has 7 aliphatic rings. The third kappa shape index (κ3) is 3.27. The largest absolute Gasteiger partial charge is 0.341 e. The Morgan fingerprint density at radius 3 is 2.45 bits per heavy atom. The second kappa shape index (κ2) is 7.69. The lowest BCUT2D eigenvalue weighted by Crippen LogP contribution is -2.61. The van der Waals surface area contributed by atoms with E-state index in [1.807, 2.05) is 0 Å². The number of piperidine rings is 1. The summed E-state index contributed by atoms with van der Waals surface area (Å²) in [6.45, 7) is 0.194. The number of halogens is 1. The first-order chi connectivity index (χ1) is 18.9. The summed E-state index contributed by atoms with van der Waals surface area (Å²) in [4.78, 5) is 29.7. The zero-order valence-corrected chi connectivity index (χ0v) is 22.8. The van der Waals surface area contributed by atoms with Gasteiger partial charge in [-0.15, -0.1) is 4.40 Å². The molecule has 9 rings (SSSR count). The number of amidine groups is 1. The van der Waals surface area contributed by atoms with Gasteiger partial charge in [-0.1, -0.05) is 12.1 Å². The van der Waals surface area contributed by atoms with Gasteiger partial charge in [-0.3, -0.25) is 14.3 Å². The van der Waals surface area contributed by atoms with Gasteiger partial charge in [0, 0.05) is 24.2 Å². The maximum absolute atomic E-state index is 14.1. The summed E-state index contributed by atoms with van der Waals surface area (Å²) in [7, 11) is -8.01. The van der Waals surface area contributed by atoms with Crippen molar-refractivity contribution in [2.75, 3.05) is 16.3 Å². The number of nitrogens with zero attached hydrogens (tertiary/aromatic N) is 2. The molecule has 2 aliphatic heterocycles. The maximum Gasteiger partial charge on any atom is 0.286 e. The summed E-state index contributed by atoms with van der Waals surface area (Å²) in [5.41, 5.74) is 0.879. The molecule has 2 heterocycles. The van der Waals surface area contributed by atoms with Gasteiger partial charge in [0.2, 0.25) is 15.9 Å². The first kappa shape index (κ1) is 24.5. The van der Waals surface area contributed by atoms with Crippen molar-refractivity contribution in [3.05, 3.63) is 53.8 Å². The Balaban J connectivity index is 1.18. The number of hydrogen-bond donors (Lipinski definition) is 2. The summed E-state index contributed by atoms with van der Waals surface area (Å²) in [6, 6.07) is 9.59. The second-order valence-electron chi connectivity index (χ2n) is 12.0. The molecule has 13 heteroatoms. The lowest BCUT2D eigenvalue weighted by atomic mass is 9.73. The van der Waals surface area contributed by atoms with Gasteiger partial charge >= 0.3 is 0 Å². The first-order valence-corrected chi connectivity index (χ1v) is 16.6. The molecule has 5 saturated carbocycles. The minimum atomic E-state index is -4.36. The van der Waals surface area contributed by atoms with Crippen LogP contribution in [-0.2, 0) is 36.2 Å². The number of sulfonamides is 2. The van der Waals surface area contributed by atoms with Crippen LogP contribution in [0.15, 0.2) is 51.8 Å². The molecule has 9 atom stereocenters. The van der Waals surface area contributed by atoms with Crippen molar-refractivity contribution in [2.45, 2.75) is 23.9 Å². The monoisotopic (exact) mass is 584 g/mol. The first-order valence-electron chi connectivity index (χ1n) is 13.3. The van der Waals surface area contributed by atoms with E-state index in [4.69, 9.17) is 0 Å². The molecule has 2 aromatic carbocycles. The van der Waals surface area contributed by atoms with E-state index in [9.17, 15) is 30.8 Å². The summed E-state index contributed by atoms with van der Waals surface area (Å²) < 4.78 is 69.5. The van der Waals surface area contributed by atoms with Gasteiger partial charge in [-0.2, -0.15) is 8.42 Å². The van der Waals surface area contributed by atoms with Crippen molar-refractivity contribution < 1.29 is 30.8 Å². The molecule has 6 fully saturated rings. The summed E-state index contributed by atoms with van der Waals surface area (Å²) in [5.74, 6) is -0.672. The Hall–Kier alpha value is -3.32. The molecule has 6 bridgehead atoms. The number of nitrogens with one attached hydrogen (secondary N) is 2. The Labute approximate surface area is 230 Å². The number of likely N-dealkylation sites (tertiary alicyclic amines) is 1. The van der Waals surface area contributed by atoms with Crippen molar-refractivity contribution >= 4 is 48.9 Å². The van der Waals surface area contributed by atoms with Crippen molar-refractivity contribution in [3.8, 4) is 0 Å². The molecule has 2 aromatic rings. The third-order valence-electron chi connectivity index (χ3n) is 9.98. The average Bonchev–Trinajstić information content (AvgIpc) is 3.18. The summed E-state index contributed by atoms with van der Waals surface area (Å²) in [5, 5.41) is 2.91. The van der Waals surface area contributed by atoms with Crippen LogP contribution in [0.5, 0.6) is 0 Å². The number of hydrogen-bond acceptors (Lipinski definition) is 7. The Morgan fingerprint density at radius 2 is 1.75 bits per heavy atom. The van der Waals surface area contributed by atoms with Crippen molar-refractivity contribution in [3.63, 3.8) is 0 Å². The lowest BCUT2D eigenvalue weighted by molar-refractivity contribution is -0.153. The fourth-order valence-corrected chi connectivity index (χ4v) is 10.7. The van der Waals surface area contributed by atoms with E-state index in [1.165, 1.54) is 24.3 Å². The van der Waals surface area contributed by atoms with Crippen LogP contribution in [0.1, 0.15) is 12.0 Å². The number of carbonyl (C=O) groups excluding carboxylic acids is 2. The van der Waals surface area contributed by atoms with E-state index in [0.29, 0.717) is 23.7 Å². The van der Waals surface area contributed by atoms with Gasteiger partial charge in [0.05, 0.1) is 11.9 Å². The Kier molecular flexibility index (Phi) is 4.71. The number of rotatable bonds is 5. The highest BCUT2D eigenvalue weighted by Crippen LogP contribution is 2.83. The van der Waals surface area contributed by atoms with Crippen LogP contribution in [0.2, 0.25) is 0 Å². The van der Waals surface area contributed by atoms with E-state index in [-0.39, 0.29) is 64.0 Å². The molecule has 10 nitrogen and oxygen atoms in total. The van der Waals surface area contributed by atoms with Crippen LogP contribution in [0.4, 0.5) is 15.8 Å². The van der Waals surface area contributed by atoms with Crippen molar-refractivity contribution in [1.82, 2.24) is 4.90 Å². The van der Waals surface area contributed by atoms with Crippen LogP contribution >= 0.6 is 0 Å². The predicted octanol–water partition coefficient (Wildman–Crippen LogP) is 2.06. The minimum Gasteiger partial charge on any atom is -0.341 e. The van der Waals surface area contributed by atoms with E-state index in [2.05, 4.69) is 14.4 Å². The summed E-state index contributed by atoms with van der Waals surface area (Å²) >= 11 is 0. The molecule has 1 amide bonds. The molecular weight excluding hydrogens is 559 g/mol. The van der Waals surface area contributed by atoms with Crippen LogP contribution in [0, 0.1) is 53.2 Å². The van der Waals surface area contributed by atoms with Gasteiger partial charge in [0.1, 0.15) is 16.5 Å². The average molecular weight is 585 g/mol. The molecule has 1 saturated heterocycles. The SMILES string of the molecule is CS(=O)(=O)Nc1ccc2c(c1)S(=O)(=O)N=C(C1C(=O)C3C4C5CC6C4C6C5C3N(Cc3ccc(F)cc3)C1=O)N2.